The predicted octanol–water partition coefficient (Wildman–Crippen LogP) is 4.64. The monoisotopic (exact) mass is 335 g/mol. The third-order valence-electron chi connectivity index (χ3n) is 3.00. The van der Waals surface area contributed by atoms with Crippen LogP contribution in [0, 0.1) is 0 Å². The van der Waals surface area contributed by atoms with Crippen molar-refractivity contribution in [1.29, 1.82) is 0 Å². The first kappa shape index (κ1) is 14.5. The molecule has 0 saturated carbocycles. The molecule has 0 radical (unpaired) electrons. The highest BCUT2D eigenvalue weighted by Crippen LogP contribution is 2.31. The topological polar surface area (TPSA) is 51.8 Å². The van der Waals surface area contributed by atoms with Crippen LogP contribution in [0.2, 0.25) is 10.3 Å². The summed E-state index contributed by atoms with van der Waals surface area (Å²) in [5.41, 5.74) is 9.55. The Hall–Kier alpha value is -1.46. The fraction of sp³-hybridized carbons (Fsp3) is 0.0667. The van der Waals surface area contributed by atoms with E-state index >= 15 is 0 Å². The number of rotatable bonds is 3. The van der Waals surface area contributed by atoms with Gasteiger partial charge in [0.2, 0.25) is 0 Å². The molecule has 2 aromatic heterocycles. The van der Waals surface area contributed by atoms with Crippen LogP contribution in [0.15, 0.2) is 41.8 Å². The summed E-state index contributed by atoms with van der Waals surface area (Å²) >= 11 is 13.4. The molecule has 2 N–H and O–H groups in total. The highest BCUT2D eigenvalue weighted by molar-refractivity contribution is 7.13. The van der Waals surface area contributed by atoms with E-state index < -0.39 is 0 Å². The summed E-state index contributed by atoms with van der Waals surface area (Å²) in [6.07, 6.45) is 0. The Morgan fingerprint density at radius 3 is 2.24 bits per heavy atom. The fourth-order valence-corrected chi connectivity index (χ4v) is 3.22. The molecule has 6 heteroatoms. The van der Waals surface area contributed by atoms with Gasteiger partial charge in [-0.3, -0.25) is 0 Å². The summed E-state index contributed by atoms with van der Waals surface area (Å²) in [5, 5.41) is 3.59. The molecule has 3 aromatic rings. The highest BCUT2D eigenvalue weighted by Gasteiger charge is 2.09. The lowest BCUT2D eigenvalue weighted by molar-refractivity contribution is 1.07. The molecular weight excluding hydrogens is 325 g/mol. The van der Waals surface area contributed by atoms with Crippen LogP contribution in [0.25, 0.3) is 21.8 Å². The molecule has 0 aliphatic carbocycles. The number of halogens is 2. The van der Waals surface area contributed by atoms with Gasteiger partial charge in [0, 0.05) is 23.1 Å². The van der Waals surface area contributed by atoms with Gasteiger partial charge in [-0.2, -0.15) is 0 Å². The molecule has 106 valence electrons. The van der Waals surface area contributed by atoms with E-state index in [1.807, 2.05) is 29.6 Å². The second kappa shape index (κ2) is 6.12. The molecule has 0 unspecified atom stereocenters. The first-order valence-electron chi connectivity index (χ1n) is 6.24. The van der Waals surface area contributed by atoms with E-state index in [1.165, 1.54) is 0 Å². The van der Waals surface area contributed by atoms with Gasteiger partial charge >= 0.3 is 0 Å². The molecule has 0 aliphatic heterocycles. The number of benzene rings is 1. The highest BCUT2D eigenvalue weighted by atomic mass is 35.5. The third kappa shape index (κ3) is 3.24. The van der Waals surface area contributed by atoms with E-state index in [4.69, 9.17) is 28.9 Å². The van der Waals surface area contributed by atoms with Crippen molar-refractivity contribution in [2.75, 3.05) is 0 Å². The van der Waals surface area contributed by atoms with Gasteiger partial charge in [0.25, 0.3) is 0 Å². The Morgan fingerprint density at radius 2 is 1.62 bits per heavy atom. The van der Waals surface area contributed by atoms with Crippen molar-refractivity contribution in [3.63, 3.8) is 0 Å². The summed E-state index contributed by atoms with van der Waals surface area (Å²) in [4.78, 5) is 8.57. The van der Waals surface area contributed by atoms with E-state index in [1.54, 1.807) is 23.5 Å². The van der Waals surface area contributed by atoms with E-state index in [0.717, 1.165) is 27.4 Å². The number of thiazole rings is 1. The van der Waals surface area contributed by atoms with E-state index in [-0.39, 0.29) is 0 Å². The standard InChI is InChI=1S/C15H11Cl2N3S/c16-13-5-11(6-14(17)20-13)15-19-12(8-21-15)10-3-1-9(7-18)2-4-10/h1-6,8H,7,18H2. The van der Waals surface area contributed by atoms with Crippen molar-refractivity contribution in [3.05, 3.63) is 57.6 Å². The number of pyridine rings is 1. The van der Waals surface area contributed by atoms with Gasteiger partial charge in [-0.1, -0.05) is 47.5 Å². The number of nitrogens with two attached hydrogens (primary N) is 1. The zero-order valence-corrected chi connectivity index (χ0v) is 13.2. The molecular formula is C15H11Cl2N3S. The lowest BCUT2D eigenvalue weighted by Crippen LogP contribution is -1.95. The minimum Gasteiger partial charge on any atom is -0.326 e. The summed E-state index contributed by atoms with van der Waals surface area (Å²) in [6.45, 7) is 0.538. The van der Waals surface area contributed by atoms with E-state index in [0.29, 0.717) is 16.9 Å². The SMILES string of the molecule is NCc1ccc(-c2csc(-c3cc(Cl)nc(Cl)c3)n2)cc1. The van der Waals surface area contributed by atoms with Crippen LogP contribution in [0.5, 0.6) is 0 Å². The molecule has 0 bridgehead atoms. The molecule has 0 atom stereocenters. The van der Waals surface area contributed by atoms with Crippen LogP contribution in [-0.4, -0.2) is 9.97 Å². The lowest BCUT2D eigenvalue weighted by Gasteiger charge is -2.00. The first-order valence-corrected chi connectivity index (χ1v) is 7.87. The Morgan fingerprint density at radius 1 is 0.952 bits per heavy atom. The average molecular weight is 336 g/mol. The van der Waals surface area contributed by atoms with Gasteiger partial charge in [0.15, 0.2) is 0 Å². The normalized spacial score (nSPS) is 10.8. The van der Waals surface area contributed by atoms with Crippen LogP contribution in [-0.2, 0) is 6.54 Å². The summed E-state index contributed by atoms with van der Waals surface area (Å²) < 4.78 is 0. The number of nitrogens with zero attached hydrogens (tertiary/aromatic N) is 2. The maximum atomic E-state index is 5.93. The van der Waals surface area contributed by atoms with Crippen molar-refractivity contribution in [2.45, 2.75) is 6.54 Å². The average Bonchev–Trinajstić information content (AvgIpc) is 2.96. The van der Waals surface area contributed by atoms with E-state index in [9.17, 15) is 0 Å². The second-order valence-electron chi connectivity index (χ2n) is 4.44. The number of hydrogen-bond acceptors (Lipinski definition) is 4. The van der Waals surface area contributed by atoms with Crippen LogP contribution in [0.4, 0.5) is 0 Å². The Balaban J connectivity index is 1.95. The van der Waals surface area contributed by atoms with Gasteiger partial charge in [0.1, 0.15) is 15.3 Å². The largest absolute Gasteiger partial charge is 0.326 e. The van der Waals surface area contributed by atoms with Crippen LogP contribution < -0.4 is 5.73 Å². The van der Waals surface area contributed by atoms with Crippen molar-refractivity contribution in [3.8, 4) is 21.8 Å². The minimum absolute atomic E-state index is 0.363. The fourth-order valence-electron chi connectivity index (χ4n) is 1.94. The van der Waals surface area contributed by atoms with Crippen LogP contribution in [0.3, 0.4) is 0 Å². The predicted molar refractivity (Wildman–Crippen MR) is 88.7 cm³/mol. The van der Waals surface area contributed by atoms with Crippen LogP contribution in [0.1, 0.15) is 5.56 Å². The van der Waals surface area contributed by atoms with Crippen molar-refractivity contribution >= 4 is 34.5 Å². The minimum atomic E-state index is 0.363. The molecule has 3 rings (SSSR count). The van der Waals surface area contributed by atoms with Crippen LogP contribution >= 0.6 is 34.5 Å². The maximum Gasteiger partial charge on any atom is 0.131 e. The van der Waals surface area contributed by atoms with Gasteiger partial charge in [-0.05, 0) is 17.7 Å². The van der Waals surface area contributed by atoms with Gasteiger partial charge in [-0.15, -0.1) is 11.3 Å². The molecule has 0 saturated heterocycles. The molecule has 1 aromatic carbocycles. The smallest absolute Gasteiger partial charge is 0.131 e. The molecule has 0 fully saturated rings. The summed E-state index contributed by atoms with van der Waals surface area (Å²) in [7, 11) is 0. The Bertz CT molecular complexity index is 749. The summed E-state index contributed by atoms with van der Waals surface area (Å²) in [6, 6.07) is 11.6. The molecule has 21 heavy (non-hydrogen) atoms. The Labute approximate surface area is 136 Å². The molecule has 0 aliphatic rings. The van der Waals surface area contributed by atoms with Crippen molar-refractivity contribution in [2.24, 2.45) is 5.73 Å². The molecule has 0 amide bonds. The first-order chi connectivity index (χ1) is 10.2. The summed E-state index contributed by atoms with van der Waals surface area (Å²) in [5.74, 6) is 0. The van der Waals surface area contributed by atoms with Gasteiger partial charge in [-0.25, -0.2) is 9.97 Å². The molecule has 0 spiro atoms. The van der Waals surface area contributed by atoms with Crippen molar-refractivity contribution in [1.82, 2.24) is 9.97 Å². The van der Waals surface area contributed by atoms with Gasteiger partial charge in [0.05, 0.1) is 5.69 Å². The quantitative estimate of drug-likeness (QED) is 0.709. The zero-order chi connectivity index (χ0) is 14.8. The Kier molecular flexibility index (Phi) is 4.22. The second-order valence-corrected chi connectivity index (χ2v) is 6.07. The van der Waals surface area contributed by atoms with Crippen molar-refractivity contribution < 1.29 is 0 Å². The maximum absolute atomic E-state index is 5.93. The number of hydrogen-bond donors (Lipinski definition) is 1. The lowest BCUT2D eigenvalue weighted by atomic mass is 10.1. The van der Waals surface area contributed by atoms with E-state index in [2.05, 4.69) is 9.97 Å². The van der Waals surface area contributed by atoms with Gasteiger partial charge < -0.3 is 5.73 Å². The number of aromatic nitrogens is 2. The zero-order valence-electron chi connectivity index (χ0n) is 10.9. The molecule has 3 nitrogen and oxygen atoms in total. The third-order valence-corrected chi connectivity index (χ3v) is 4.28. The molecule has 2 heterocycles.